The molecule has 0 spiro atoms. The molecule has 0 heterocycles. The first kappa shape index (κ1) is 16.4. The van der Waals surface area contributed by atoms with Gasteiger partial charge in [0.05, 0.1) is 5.56 Å². The zero-order chi connectivity index (χ0) is 16.0. The molecule has 2 amide bonds. The standard InChI is InChI=1S/C13H11F3N2O3/c1-2-5-9(11(17)19)18-12(20)8-6-3-4-7-10(8)21-13(14,15)16/h1,3-4,6-7,9H,5H2,(H2,17,19)(H,18,20)/t9-/m1/s1. The SMILES string of the molecule is C#CC[C@@H](NC(=O)c1ccccc1OC(F)(F)F)C(N)=O. The van der Waals surface area contributed by atoms with Crippen molar-refractivity contribution in [2.24, 2.45) is 5.73 Å². The van der Waals surface area contributed by atoms with Crippen molar-refractivity contribution in [3.8, 4) is 18.1 Å². The number of halogens is 3. The lowest BCUT2D eigenvalue weighted by molar-refractivity contribution is -0.274. The van der Waals surface area contributed by atoms with Crippen molar-refractivity contribution >= 4 is 11.8 Å². The topological polar surface area (TPSA) is 81.4 Å². The van der Waals surface area contributed by atoms with Gasteiger partial charge in [0.15, 0.2) is 0 Å². The smallest absolute Gasteiger partial charge is 0.405 e. The lowest BCUT2D eigenvalue weighted by Crippen LogP contribution is -2.44. The van der Waals surface area contributed by atoms with Gasteiger partial charge >= 0.3 is 6.36 Å². The molecule has 0 aliphatic rings. The normalized spacial score (nSPS) is 12.1. The number of carbonyl (C=O) groups excluding carboxylic acids is 2. The number of amides is 2. The van der Waals surface area contributed by atoms with Crippen LogP contribution in [0.25, 0.3) is 0 Å². The Morgan fingerprint density at radius 2 is 2.00 bits per heavy atom. The van der Waals surface area contributed by atoms with Crippen molar-refractivity contribution in [3.05, 3.63) is 29.8 Å². The molecule has 0 radical (unpaired) electrons. The quantitative estimate of drug-likeness (QED) is 0.802. The molecular weight excluding hydrogens is 289 g/mol. The number of hydrogen-bond acceptors (Lipinski definition) is 3. The summed E-state index contributed by atoms with van der Waals surface area (Å²) >= 11 is 0. The number of hydrogen-bond donors (Lipinski definition) is 2. The van der Waals surface area contributed by atoms with Gasteiger partial charge in [-0.1, -0.05) is 12.1 Å². The van der Waals surface area contributed by atoms with Crippen LogP contribution in [0.4, 0.5) is 13.2 Å². The summed E-state index contributed by atoms with van der Waals surface area (Å²) in [6.45, 7) is 0. The fourth-order valence-electron chi connectivity index (χ4n) is 1.44. The van der Waals surface area contributed by atoms with E-state index in [0.29, 0.717) is 0 Å². The van der Waals surface area contributed by atoms with Crippen molar-refractivity contribution in [2.45, 2.75) is 18.8 Å². The van der Waals surface area contributed by atoms with Crippen molar-refractivity contribution < 1.29 is 27.5 Å². The van der Waals surface area contributed by atoms with Crippen molar-refractivity contribution in [1.82, 2.24) is 5.32 Å². The molecule has 0 aliphatic heterocycles. The summed E-state index contributed by atoms with van der Waals surface area (Å²) in [7, 11) is 0. The molecule has 1 aromatic carbocycles. The molecule has 0 fully saturated rings. The Labute approximate surface area is 118 Å². The highest BCUT2D eigenvalue weighted by Crippen LogP contribution is 2.26. The van der Waals surface area contributed by atoms with Crippen LogP contribution in [0, 0.1) is 12.3 Å². The van der Waals surface area contributed by atoms with E-state index in [4.69, 9.17) is 12.2 Å². The summed E-state index contributed by atoms with van der Waals surface area (Å²) in [5, 5.41) is 2.16. The Bertz CT molecular complexity index is 579. The van der Waals surface area contributed by atoms with E-state index in [1.807, 2.05) is 0 Å². The number of alkyl halides is 3. The maximum Gasteiger partial charge on any atom is 0.573 e. The second-order valence-electron chi connectivity index (χ2n) is 3.88. The van der Waals surface area contributed by atoms with E-state index in [1.165, 1.54) is 12.1 Å². The van der Waals surface area contributed by atoms with Gasteiger partial charge in [-0.25, -0.2) is 0 Å². The fourth-order valence-corrected chi connectivity index (χ4v) is 1.44. The Balaban J connectivity index is 2.97. The number of rotatable bonds is 5. The van der Waals surface area contributed by atoms with Crippen LogP contribution < -0.4 is 15.8 Å². The maximum absolute atomic E-state index is 12.2. The van der Waals surface area contributed by atoms with E-state index in [2.05, 4.69) is 16.0 Å². The summed E-state index contributed by atoms with van der Waals surface area (Å²) in [4.78, 5) is 23.0. The molecular formula is C13H11F3N2O3. The maximum atomic E-state index is 12.2. The van der Waals surface area contributed by atoms with E-state index >= 15 is 0 Å². The third-order valence-corrected chi connectivity index (χ3v) is 2.33. The van der Waals surface area contributed by atoms with Crippen molar-refractivity contribution in [3.63, 3.8) is 0 Å². The molecule has 8 heteroatoms. The highest BCUT2D eigenvalue weighted by molar-refractivity contribution is 5.99. The third-order valence-electron chi connectivity index (χ3n) is 2.33. The van der Waals surface area contributed by atoms with Gasteiger partial charge in [0.2, 0.25) is 5.91 Å². The average Bonchev–Trinajstić information content (AvgIpc) is 2.36. The Kier molecular flexibility index (Phi) is 5.18. The molecule has 112 valence electrons. The Morgan fingerprint density at radius 3 is 2.52 bits per heavy atom. The van der Waals surface area contributed by atoms with Crippen LogP contribution in [-0.4, -0.2) is 24.2 Å². The van der Waals surface area contributed by atoms with Gasteiger partial charge in [0, 0.05) is 6.42 Å². The molecule has 5 nitrogen and oxygen atoms in total. The average molecular weight is 300 g/mol. The van der Waals surface area contributed by atoms with E-state index in [0.717, 1.165) is 12.1 Å². The number of primary amides is 1. The van der Waals surface area contributed by atoms with Gasteiger partial charge in [-0.05, 0) is 12.1 Å². The van der Waals surface area contributed by atoms with Crippen LogP contribution in [0.1, 0.15) is 16.8 Å². The number of carbonyl (C=O) groups is 2. The van der Waals surface area contributed by atoms with Crippen LogP contribution in [0.2, 0.25) is 0 Å². The number of ether oxygens (including phenoxy) is 1. The Hall–Kier alpha value is -2.69. The summed E-state index contributed by atoms with van der Waals surface area (Å²) < 4.78 is 40.5. The zero-order valence-electron chi connectivity index (χ0n) is 10.6. The van der Waals surface area contributed by atoms with E-state index < -0.39 is 35.5 Å². The molecule has 0 saturated carbocycles. The molecule has 0 aliphatic carbocycles. The second-order valence-corrected chi connectivity index (χ2v) is 3.88. The van der Waals surface area contributed by atoms with E-state index in [9.17, 15) is 22.8 Å². The zero-order valence-corrected chi connectivity index (χ0v) is 10.6. The highest BCUT2D eigenvalue weighted by Gasteiger charge is 2.33. The van der Waals surface area contributed by atoms with Crippen LogP contribution in [-0.2, 0) is 4.79 Å². The third kappa shape index (κ3) is 5.06. The van der Waals surface area contributed by atoms with Gasteiger partial charge in [-0.15, -0.1) is 25.5 Å². The summed E-state index contributed by atoms with van der Waals surface area (Å²) in [6.07, 6.45) is -0.111. The first-order valence-corrected chi connectivity index (χ1v) is 5.63. The summed E-state index contributed by atoms with van der Waals surface area (Å²) in [5.41, 5.74) is 4.64. The number of nitrogens with one attached hydrogen (secondary N) is 1. The minimum Gasteiger partial charge on any atom is -0.405 e. The second kappa shape index (κ2) is 6.65. The van der Waals surface area contributed by atoms with Gasteiger partial charge in [0.25, 0.3) is 5.91 Å². The highest BCUT2D eigenvalue weighted by atomic mass is 19.4. The van der Waals surface area contributed by atoms with Gasteiger partial charge in [0.1, 0.15) is 11.8 Å². The first-order chi connectivity index (χ1) is 9.74. The van der Waals surface area contributed by atoms with Crippen molar-refractivity contribution in [1.29, 1.82) is 0 Å². The minimum absolute atomic E-state index is 0.177. The van der Waals surface area contributed by atoms with Gasteiger partial charge in [-0.3, -0.25) is 9.59 Å². The monoisotopic (exact) mass is 300 g/mol. The number of nitrogens with two attached hydrogens (primary N) is 1. The lowest BCUT2D eigenvalue weighted by atomic mass is 10.1. The van der Waals surface area contributed by atoms with E-state index in [1.54, 1.807) is 0 Å². The van der Waals surface area contributed by atoms with Crippen LogP contribution in [0.5, 0.6) is 5.75 Å². The molecule has 0 bridgehead atoms. The van der Waals surface area contributed by atoms with Crippen LogP contribution in [0.15, 0.2) is 24.3 Å². The van der Waals surface area contributed by atoms with Crippen LogP contribution >= 0.6 is 0 Å². The van der Waals surface area contributed by atoms with Crippen LogP contribution in [0.3, 0.4) is 0 Å². The molecule has 1 rings (SSSR count). The first-order valence-electron chi connectivity index (χ1n) is 5.63. The van der Waals surface area contributed by atoms with Gasteiger partial charge < -0.3 is 15.8 Å². The molecule has 1 atom stereocenters. The Morgan fingerprint density at radius 1 is 1.38 bits per heavy atom. The van der Waals surface area contributed by atoms with Crippen molar-refractivity contribution in [2.75, 3.05) is 0 Å². The largest absolute Gasteiger partial charge is 0.573 e. The fraction of sp³-hybridized carbons (Fsp3) is 0.231. The van der Waals surface area contributed by atoms with E-state index in [-0.39, 0.29) is 6.42 Å². The minimum atomic E-state index is -4.95. The molecule has 0 aromatic heterocycles. The molecule has 0 unspecified atom stereocenters. The molecule has 3 N–H and O–H groups in total. The molecule has 0 saturated heterocycles. The number of terminal acetylenes is 1. The molecule has 21 heavy (non-hydrogen) atoms. The number of para-hydroxylation sites is 1. The lowest BCUT2D eigenvalue weighted by Gasteiger charge is -2.16. The summed E-state index contributed by atoms with van der Waals surface area (Å²) in [5.74, 6) is -0.400. The number of benzene rings is 1. The van der Waals surface area contributed by atoms with Gasteiger partial charge in [-0.2, -0.15) is 0 Å². The predicted molar refractivity (Wildman–Crippen MR) is 67.0 cm³/mol. The predicted octanol–water partition coefficient (Wildman–Crippen LogP) is 1.19. The summed E-state index contributed by atoms with van der Waals surface area (Å²) in [6, 6.07) is 3.53. The molecule has 1 aromatic rings.